The fourth-order valence-corrected chi connectivity index (χ4v) is 17.5. The third-order valence-electron chi connectivity index (χ3n) is 11.2. The van der Waals surface area contributed by atoms with E-state index in [1.807, 2.05) is 125 Å². The van der Waals surface area contributed by atoms with Crippen LogP contribution in [0.5, 0.6) is 17.2 Å². The van der Waals surface area contributed by atoms with Crippen molar-refractivity contribution in [3.05, 3.63) is 86.5 Å². The van der Waals surface area contributed by atoms with Crippen molar-refractivity contribution in [2.75, 3.05) is 19.8 Å². The first kappa shape index (κ1) is 59.4. The topological polar surface area (TPSA) is 167 Å². The van der Waals surface area contributed by atoms with Crippen LogP contribution >= 0.6 is 22.8 Å². The zero-order chi connectivity index (χ0) is 51.7. The molecule has 0 spiro atoms. The Hall–Kier alpha value is -1.96. The molecule has 0 fully saturated rings. The second-order valence-corrected chi connectivity index (χ2v) is 32.3. The van der Waals surface area contributed by atoms with Crippen molar-refractivity contribution in [1.82, 2.24) is 0 Å². The van der Waals surface area contributed by atoms with Crippen molar-refractivity contribution in [2.24, 2.45) is 0 Å². The van der Waals surface area contributed by atoms with Crippen molar-refractivity contribution in [1.29, 1.82) is 0 Å². The Bertz CT molecular complexity index is 1990. The summed E-state index contributed by atoms with van der Waals surface area (Å²) in [6, 6.07) is 10.7. The van der Waals surface area contributed by atoms with E-state index in [0.717, 1.165) is 0 Å². The van der Waals surface area contributed by atoms with Crippen LogP contribution in [0, 0.1) is 0 Å². The molecule has 3 unspecified atom stereocenters. The van der Waals surface area contributed by atoms with Gasteiger partial charge in [-0.2, -0.15) is 0 Å². The molecule has 0 amide bonds. The Kier molecular flexibility index (Phi) is 19.0. The van der Waals surface area contributed by atoms with E-state index in [2.05, 4.69) is 0 Å². The average molecular weight is 1010 g/mol. The van der Waals surface area contributed by atoms with Crippen molar-refractivity contribution in [2.45, 2.75) is 196 Å². The Morgan fingerprint density at radius 2 is 0.537 bits per heavy atom. The van der Waals surface area contributed by atoms with E-state index in [0.29, 0.717) is 50.1 Å². The molecule has 0 saturated heterocycles. The SMILES string of the molecule is CCOP(=O)(Cc1cc(C(C)(C)C)c(O)c(C(C)(C)C)c1)[O][Al]([O]P(=O)(Cc1cc(C(C)(C)C)c(O)c(C(C)(C)C)c1)OCC)[O]P(=O)(Cc1cc(C(C)(C)C)c(O)c(C(C)(C)C)c1)OCC. The van der Waals surface area contributed by atoms with Gasteiger partial charge in [-0.15, -0.1) is 0 Å². The predicted molar refractivity (Wildman–Crippen MR) is 274 cm³/mol. The predicted octanol–water partition coefficient (Wildman–Crippen LogP) is 15.2. The first-order valence-corrected chi connectivity index (χ1v) is 30.1. The van der Waals surface area contributed by atoms with E-state index >= 15 is 13.7 Å². The molecule has 3 atom stereocenters. The van der Waals surface area contributed by atoms with Crippen molar-refractivity contribution in [3.8, 4) is 17.2 Å². The molecule has 0 radical (unpaired) electrons. The van der Waals surface area contributed by atoms with Gasteiger partial charge in [0.25, 0.3) is 0 Å². The van der Waals surface area contributed by atoms with Crippen LogP contribution in [0.25, 0.3) is 0 Å². The van der Waals surface area contributed by atoms with Gasteiger partial charge in [0.1, 0.15) is 17.2 Å². The number of phenols is 3. The summed E-state index contributed by atoms with van der Waals surface area (Å²) in [5, 5.41) is 34.6. The van der Waals surface area contributed by atoms with E-state index in [-0.39, 0.29) is 55.6 Å². The number of aromatic hydroxyl groups is 3. The summed E-state index contributed by atoms with van der Waals surface area (Å²) < 4.78 is 83.4. The lowest BCUT2D eigenvalue weighted by molar-refractivity contribution is 0.197. The molecule has 0 aliphatic rings. The largest absolute Gasteiger partial charge is 0.926 e. The van der Waals surface area contributed by atoms with E-state index in [9.17, 15) is 15.3 Å². The first-order valence-electron chi connectivity index (χ1n) is 23.5. The molecule has 0 saturated carbocycles. The van der Waals surface area contributed by atoms with Crippen LogP contribution in [0.15, 0.2) is 36.4 Å². The summed E-state index contributed by atoms with van der Waals surface area (Å²) in [6.07, 6.45) is -0.902. The monoisotopic (exact) mass is 1010 g/mol. The Morgan fingerprint density at radius 1 is 0.373 bits per heavy atom. The highest BCUT2D eigenvalue weighted by Gasteiger charge is 2.51. The normalized spacial score (nSPS) is 16.1. The van der Waals surface area contributed by atoms with Gasteiger partial charge in [-0.3, -0.25) is 13.7 Å². The third-order valence-corrected chi connectivity index (χ3v) is 21.3. The van der Waals surface area contributed by atoms with Crippen LogP contribution in [0.1, 0.15) is 195 Å². The van der Waals surface area contributed by atoms with Crippen LogP contribution in [0.3, 0.4) is 0 Å². The lowest BCUT2D eigenvalue weighted by atomic mass is 9.78. The molecule has 3 rings (SSSR count). The molecule has 0 aliphatic carbocycles. The summed E-state index contributed by atoms with van der Waals surface area (Å²) in [5.74, 6) is 0.422. The summed E-state index contributed by atoms with van der Waals surface area (Å²) in [5.41, 5.74) is 2.42. The van der Waals surface area contributed by atoms with Crippen LogP contribution in [0.2, 0.25) is 0 Å². The fourth-order valence-electron chi connectivity index (χ4n) is 7.84. The third kappa shape index (κ3) is 16.0. The van der Waals surface area contributed by atoms with Gasteiger partial charge < -0.3 is 39.6 Å². The van der Waals surface area contributed by atoms with Gasteiger partial charge in [0, 0.05) is 0 Å². The van der Waals surface area contributed by atoms with E-state index in [4.69, 9.17) is 24.3 Å². The lowest BCUT2D eigenvalue weighted by Gasteiger charge is -2.31. The number of benzene rings is 3. The van der Waals surface area contributed by atoms with Gasteiger partial charge in [0.2, 0.25) is 0 Å². The van der Waals surface area contributed by atoms with E-state index in [1.165, 1.54) is 0 Å². The highest BCUT2D eigenvalue weighted by molar-refractivity contribution is 7.57. The quantitative estimate of drug-likeness (QED) is 0.0816. The molecular formula is C51H84AlO12P3. The van der Waals surface area contributed by atoms with Crippen LogP contribution in [-0.4, -0.2) is 50.3 Å². The summed E-state index contributed by atoms with van der Waals surface area (Å²) in [7, 11) is -13.1. The van der Waals surface area contributed by atoms with Crippen molar-refractivity contribution < 1.29 is 53.3 Å². The standard InChI is InChI=1S/3C17H29O4P.Al/c3*1-8-21-22(19,20)11-12-9-13(16(2,3)4)15(18)14(10-12)17(5,6)7;/h3*9-10,18H,8,11H2,1-7H3,(H,19,20);/q;;;+3/p-3. The van der Waals surface area contributed by atoms with Gasteiger partial charge in [-0.1, -0.05) is 161 Å². The Morgan fingerprint density at radius 3 is 0.672 bits per heavy atom. The molecule has 0 bridgehead atoms. The number of hydrogen-bond acceptors (Lipinski definition) is 12. The summed E-state index contributed by atoms with van der Waals surface area (Å²) in [6.45, 7) is 40.4. The van der Waals surface area contributed by atoms with Crippen molar-refractivity contribution >= 4 is 37.9 Å². The first-order chi connectivity index (χ1) is 30.1. The molecule has 0 aromatic heterocycles. The number of rotatable bonds is 18. The molecule has 0 aliphatic heterocycles. The smallest absolute Gasteiger partial charge is 0.507 e. The van der Waals surface area contributed by atoms with Crippen molar-refractivity contribution in [3.63, 3.8) is 0 Å². The number of hydrogen-bond donors (Lipinski definition) is 3. The molecule has 12 nitrogen and oxygen atoms in total. The Labute approximate surface area is 409 Å². The zero-order valence-corrected chi connectivity index (χ0v) is 48.5. The molecule has 67 heavy (non-hydrogen) atoms. The van der Waals surface area contributed by atoms with Gasteiger partial charge >= 0.3 is 37.9 Å². The van der Waals surface area contributed by atoms with Gasteiger partial charge in [-0.25, -0.2) is 0 Å². The van der Waals surface area contributed by atoms with E-state index in [1.54, 1.807) is 57.2 Å². The average Bonchev–Trinajstić information content (AvgIpc) is 3.10. The molecule has 16 heteroatoms. The molecule has 3 N–H and O–H groups in total. The minimum absolute atomic E-state index is 0.0572. The molecule has 0 heterocycles. The molecule has 378 valence electrons. The molecule has 3 aromatic carbocycles. The summed E-state index contributed by atoms with van der Waals surface area (Å²) in [4.78, 5) is 0. The maximum absolute atomic E-state index is 15.4. The number of phenolic OH excluding ortho intramolecular Hbond substituents is 3. The van der Waals surface area contributed by atoms with Gasteiger partial charge in [0.05, 0.1) is 38.3 Å². The van der Waals surface area contributed by atoms with Crippen LogP contribution < -0.4 is 0 Å². The minimum atomic E-state index is -4.35. The van der Waals surface area contributed by atoms with Crippen LogP contribution in [0.4, 0.5) is 0 Å². The fraction of sp³-hybridized carbons (Fsp3) is 0.647. The Balaban J connectivity index is 2.37. The van der Waals surface area contributed by atoms with Crippen LogP contribution in [-0.2, 0) is 89.0 Å². The highest BCUT2D eigenvalue weighted by Crippen LogP contribution is 2.62. The maximum atomic E-state index is 15.4. The van der Waals surface area contributed by atoms with E-state index < -0.39 is 70.4 Å². The second kappa shape index (κ2) is 21.4. The molecule has 3 aromatic rings. The van der Waals surface area contributed by atoms with Gasteiger partial charge in [0.15, 0.2) is 0 Å². The summed E-state index contributed by atoms with van der Waals surface area (Å²) >= 11 is -4.24. The maximum Gasteiger partial charge on any atom is 0.926 e. The lowest BCUT2D eigenvalue weighted by Crippen LogP contribution is -2.27. The van der Waals surface area contributed by atoms with Gasteiger partial charge in [-0.05, 0) is 103 Å². The second-order valence-electron chi connectivity index (χ2n) is 23.8. The highest BCUT2D eigenvalue weighted by atomic mass is 31.2. The minimum Gasteiger partial charge on any atom is -0.507 e. The molecular weight excluding hydrogens is 924 g/mol. The zero-order valence-electron chi connectivity index (χ0n) is 44.6.